The molecule has 3 aliphatic rings. The molecule has 0 amide bonds. The molecule has 38 heavy (non-hydrogen) atoms. The second kappa shape index (κ2) is 10.3. The maximum Gasteiger partial charge on any atom is 0.338 e. The van der Waals surface area contributed by atoms with Crippen LogP contribution in [0.15, 0.2) is 46.0 Å². The number of halogens is 4. The molecule has 2 fully saturated rings. The average Bonchev–Trinajstić information content (AvgIpc) is 3.44. The van der Waals surface area contributed by atoms with E-state index in [0.29, 0.717) is 11.4 Å². The van der Waals surface area contributed by atoms with Crippen LogP contribution >= 0.6 is 22.9 Å². The van der Waals surface area contributed by atoms with Gasteiger partial charge >= 0.3 is 11.9 Å². The van der Waals surface area contributed by atoms with E-state index in [0.717, 1.165) is 0 Å². The van der Waals surface area contributed by atoms with E-state index < -0.39 is 48.2 Å². The van der Waals surface area contributed by atoms with Gasteiger partial charge in [-0.2, -0.15) is 0 Å². The third-order valence-electron chi connectivity index (χ3n) is 7.27. The van der Waals surface area contributed by atoms with Crippen LogP contribution in [0.1, 0.15) is 42.3 Å². The number of aliphatic carboxylic acids is 1. The van der Waals surface area contributed by atoms with E-state index in [1.54, 1.807) is 22.5 Å². The zero-order chi connectivity index (χ0) is 27.2. The van der Waals surface area contributed by atoms with Gasteiger partial charge < -0.3 is 15.2 Å². The number of nitrogens with zero attached hydrogens (tertiary/aromatic N) is 3. The molecule has 8 nitrogen and oxygen atoms in total. The fraction of sp³-hybridized carbons (Fsp3) is 0.440. The molecular formula is C25H24ClF3N4O4S. The lowest BCUT2D eigenvalue weighted by Gasteiger charge is -2.40. The highest BCUT2D eigenvalue weighted by atomic mass is 35.5. The Morgan fingerprint density at radius 3 is 2.79 bits per heavy atom. The van der Waals surface area contributed by atoms with Crippen molar-refractivity contribution in [2.75, 3.05) is 13.7 Å². The van der Waals surface area contributed by atoms with Gasteiger partial charge in [0.2, 0.25) is 0 Å². The summed E-state index contributed by atoms with van der Waals surface area (Å²) in [6.45, 7) is -0.0804. The predicted octanol–water partition coefficient (Wildman–Crippen LogP) is 4.42. The molecule has 2 saturated heterocycles. The Hall–Kier alpha value is -2.96. The summed E-state index contributed by atoms with van der Waals surface area (Å²) in [7, 11) is 1.19. The summed E-state index contributed by atoms with van der Waals surface area (Å²) < 4.78 is 49.6. The summed E-state index contributed by atoms with van der Waals surface area (Å²) in [5.41, 5.74) is 0.510. The summed E-state index contributed by atoms with van der Waals surface area (Å²) in [5.74, 6) is -5.58. The number of carboxylic acids is 1. The first-order valence-corrected chi connectivity index (χ1v) is 13.2. The number of aromatic nitrogens is 1. The Balaban J connectivity index is 1.58. The second-order valence-electron chi connectivity index (χ2n) is 9.61. The smallest absolute Gasteiger partial charge is 0.338 e. The molecule has 4 heterocycles. The number of piperidine rings is 1. The quantitative estimate of drug-likeness (QED) is 0.477. The first-order chi connectivity index (χ1) is 18.1. The molecule has 13 heteroatoms. The Kier molecular flexibility index (Phi) is 7.23. The predicted molar refractivity (Wildman–Crippen MR) is 134 cm³/mol. The minimum atomic E-state index is -3.02. The van der Waals surface area contributed by atoms with E-state index in [1.807, 2.05) is 0 Å². The molecule has 0 saturated carbocycles. The van der Waals surface area contributed by atoms with E-state index in [2.05, 4.69) is 15.3 Å². The van der Waals surface area contributed by atoms with Crippen molar-refractivity contribution in [3.63, 3.8) is 0 Å². The van der Waals surface area contributed by atoms with Crippen molar-refractivity contribution in [2.24, 2.45) is 10.9 Å². The van der Waals surface area contributed by atoms with Crippen molar-refractivity contribution in [1.29, 1.82) is 0 Å². The van der Waals surface area contributed by atoms with Crippen molar-refractivity contribution >= 4 is 40.7 Å². The Morgan fingerprint density at radius 1 is 1.34 bits per heavy atom. The molecule has 2 N–H and O–H groups in total. The Labute approximate surface area is 225 Å². The highest BCUT2D eigenvalue weighted by molar-refractivity contribution is 7.11. The standard InChI is InChI=1S/C25H24ClF3N4O4S/c1-37-24(36)19-16(11-33-13-7-12(9-18(34)35)8-17(33)25(28,29)10-13)31-22(23-30-5-6-38-23)32-21(19)14-3-2-4-15(27)20(14)26/h2-6,12-13,17,21H,7-11H2,1H3,(H,31,32)(H,34,35)/t12-,13+,17+,21+/m1/s1. The Morgan fingerprint density at radius 2 is 2.13 bits per heavy atom. The van der Waals surface area contributed by atoms with Gasteiger partial charge in [0.05, 0.1) is 23.7 Å². The van der Waals surface area contributed by atoms with Crippen LogP contribution in [-0.2, 0) is 14.3 Å². The molecule has 5 rings (SSSR count). The number of alkyl halides is 2. The van der Waals surface area contributed by atoms with E-state index in [1.165, 1.54) is 30.6 Å². The van der Waals surface area contributed by atoms with Gasteiger partial charge in [-0.25, -0.2) is 22.9 Å². The van der Waals surface area contributed by atoms with Gasteiger partial charge in [0.15, 0.2) is 10.8 Å². The molecular weight excluding hydrogens is 545 g/mol. The number of hydrogen-bond acceptors (Lipinski definition) is 8. The number of carbonyl (C=O) groups is 2. The summed E-state index contributed by atoms with van der Waals surface area (Å²) >= 11 is 7.57. The number of rotatable bonds is 7. The lowest BCUT2D eigenvalue weighted by atomic mass is 9.87. The van der Waals surface area contributed by atoms with Crippen LogP contribution in [0.2, 0.25) is 5.02 Å². The number of methoxy groups -OCH3 is 1. The average molecular weight is 569 g/mol. The SMILES string of the molecule is COC(=O)C1=C(CN2[C@H]3C[C@@H](CC(=O)O)C[C@H]2C(F)(F)C3)NC(c2nccs2)=N[C@H]1c1cccc(F)c1Cl. The molecule has 0 radical (unpaired) electrons. The number of fused-ring (bicyclic) bond motifs is 2. The number of thiazole rings is 1. The van der Waals surface area contributed by atoms with E-state index >= 15 is 8.78 Å². The van der Waals surface area contributed by atoms with Crippen LogP contribution in [0.25, 0.3) is 0 Å². The van der Waals surface area contributed by atoms with Gasteiger partial charge in [0.1, 0.15) is 11.9 Å². The van der Waals surface area contributed by atoms with Gasteiger partial charge in [-0.1, -0.05) is 23.7 Å². The molecule has 2 aromatic rings. The van der Waals surface area contributed by atoms with E-state index in [4.69, 9.17) is 16.3 Å². The summed E-state index contributed by atoms with van der Waals surface area (Å²) in [5, 5.41) is 14.3. The van der Waals surface area contributed by atoms with Crippen molar-refractivity contribution in [3.8, 4) is 0 Å². The van der Waals surface area contributed by atoms with Crippen molar-refractivity contribution in [1.82, 2.24) is 15.2 Å². The van der Waals surface area contributed by atoms with Crippen LogP contribution in [-0.4, -0.2) is 64.4 Å². The van der Waals surface area contributed by atoms with Crippen molar-refractivity contribution in [3.05, 3.63) is 62.5 Å². The van der Waals surface area contributed by atoms with E-state index in [9.17, 15) is 19.1 Å². The molecule has 1 aromatic carbocycles. The molecule has 1 aromatic heterocycles. The van der Waals surface area contributed by atoms with Gasteiger partial charge in [-0.3, -0.25) is 14.7 Å². The molecule has 0 spiro atoms. The lowest BCUT2D eigenvalue weighted by molar-refractivity contribution is -0.139. The maximum absolute atomic E-state index is 15.1. The number of carbonyl (C=O) groups excluding carboxylic acids is 1. The normalized spacial score (nSPS) is 26.6. The third kappa shape index (κ3) is 4.92. The molecule has 202 valence electrons. The molecule has 2 bridgehead atoms. The number of ether oxygens (including phenoxy) is 1. The number of benzene rings is 1. The monoisotopic (exact) mass is 568 g/mol. The van der Waals surface area contributed by atoms with Gasteiger partial charge in [0.25, 0.3) is 5.92 Å². The second-order valence-corrected chi connectivity index (χ2v) is 10.9. The highest BCUT2D eigenvalue weighted by Gasteiger charge is 2.57. The van der Waals surface area contributed by atoms with Crippen LogP contribution in [0.3, 0.4) is 0 Å². The molecule has 0 unspecified atom stereocenters. The number of amidine groups is 1. The molecule has 3 aliphatic heterocycles. The fourth-order valence-electron chi connectivity index (χ4n) is 5.70. The van der Waals surface area contributed by atoms with Crippen molar-refractivity contribution < 1.29 is 32.6 Å². The van der Waals surface area contributed by atoms with Crippen LogP contribution in [0.5, 0.6) is 0 Å². The minimum Gasteiger partial charge on any atom is -0.481 e. The minimum absolute atomic E-state index is 0.0171. The van der Waals surface area contributed by atoms with Crippen molar-refractivity contribution in [2.45, 2.75) is 49.7 Å². The summed E-state index contributed by atoms with van der Waals surface area (Å²) in [6, 6.07) is 1.31. The number of aliphatic imine (C=N–C) groups is 1. The summed E-state index contributed by atoms with van der Waals surface area (Å²) in [6.07, 6.45) is 1.31. The Bertz CT molecular complexity index is 1320. The maximum atomic E-state index is 15.1. The molecule has 0 aliphatic carbocycles. The highest BCUT2D eigenvalue weighted by Crippen LogP contribution is 2.49. The van der Waals surface area contributed by atoms with Gasteiger partial charge in [-0.05, 0) is 24.8 Å². The van der Waals surface area contributed by atoms with E-state index in [-0.39, 0.29) is 53.0 Å². The number of hydrogen-bond donors (Lipinski definition) is 2. The lowest BCUT2D eigenvalue weighted by Crippen LogP contribution is -2.50. The third-order valence-corrected chi connectivity index (χ3v) is 8.45. The zero-order valence-electron chi connectivity index (χ0n) is 20.2. The number of nitrogens with one attached hydrogen (secondary N) is 1. The van der Waals surface area contributed by atoms with Crippen LogP contribution in [0, 0.1) is 11.7 Å². The topological polar surface area (TPSA) is 104 Å². The fourth-order valence-corrected chi connectivity index (χ4v) is 6.52. The van der Waals surface area contributed by atoms with Crippen LogP contribution < -0.4 is 5.32 Å². The largest absolute Gasteiger partial charge is 0.481 e. The first-order valence-electron chi connectivity index (χ1n) is 11.9. The first kappa shape index (κ1) is 26.6. The number of esters is 1. The summed E-state index contributed by atoms with van der Waals surface area (Å²) in [4.78, 5) is 34.9. The van der Waals surface area contributed by atoms with Crippen LogP contribution in [0.4, 0.5) is 13.2 Å². The molecule has 4 atom stereocenters. The zero-order valence-corrected chi connectivity index (χ0v) is 21.7. The van der Waals surface area contributed by atoms with Gasteiger partial charge in [0, 0.05) is 48.3 Å². The van der Waals surface area contributed by atoms with Gasteiger partial charge in [-0.15, -0.1) is 11.3 Å². The number of carboxylic acid groups (broad SMARTS) is 1.